The fourth-order valence-corrected chi connectivity index (χ4v) is 2.19. The molecule has 0 heterocycles. The lowest BCUT2D eigenvalue weighted by molar-refractivity contribution is 0.418. The van der Waals surface area contributed by atoms with Crippen molar-refractivity contribution in [2.75, 3.05) is 13.1 Å². The molecule has 1 heteroatoms. The van der Waals surface area contributed by atoms with Gasteiger partial charge in [-0.1, -0.05) is 45.3 Å². The van der Waals surface area contributed by atoms with Crippen molar-refractivity contribution in [3.8, 4) is 0 Å². The molecule has 0 radical (unpaired) electrons. The van der Waals surface area contributed by atoms with E-state index >= 15 is 0 Å². The maximum Gasteiger partial charge on any atom is -0.00142 e. The van der Waals surface area contributed by atoms with E-state index in [1.54, 1.807) is 0 Å². The molecule has 0 amide bonds. The smallest absolute Gasteiger partial charge is 0.00142 e. The fraction of sp³-hybridized carbons (Fsp3) is 0.857. The number of rotatable bonds is 6. The van der Waals surface area contributed by atoms with E-state index in [-0.39, 0.29) is 0 Å². The monoisotopic (exact) mass is 209 g/mol. The molecule has 0 unspecified atom stereocenters. The first-order valence-corrected chi connectivity index (χ1v) is 6.66. The predicted molar refractivity (Wildman–Crippen MR) is 68.0 cm³/mol. The first kappa shape index (κ1) is 12.8. The summed E-state index contributed by atoms with van der Waals surface area (Å²) in [5.74, 6) is 1.66. The van der Waals surface area contributed by atoms with E-state index < -0.39 is 0 Å². The van der Waals surface area contributed by atoms with Crippen molar-refractivity contribution in [1.82, 2.24) is 5.32 Å². The van der Waals surface area contributed by atoms with E-state index in [1.807, 2.05) is 0 Å². The van der Waals surface area contributed by atoms with Gasteiger partial charge in [-0.25, -0.2) is 0 Å². The average molecular weight is 209 g/mol. The molecule has 1 nitrogen and oxygen atoms in total. The molecule has 15 heavy (non-hydrogen) atoms. The zero-order valence-electron chi connectivity index (χ0n) is 10.5. The highest BCUT2D eigenvalue weighted by molar-refractivity contribution is 4.90. The summed E-state index contributed by atoms with van der Waals surface area (Å²) in [7, 11) is 0. The van der Waals surface area contributed by atoms with Crippen LogP contribution in [0.3, 0.4) is 0 Å². The molecular formula is C14H27N. The standard InChI is InChI=1S/C14H27N/c1-13(2)12-15-11-7-6-10-14-8-4-3-5-9-14/h6,10,13-15H,3-5,7-9,11-12H2,1-2H3. The van der Waals surface area contributed by atoms with E-state index in [2.05, 4.69) is 31.3 Å². The van der Waals surface area contributed by atoms with Gasteiger partial charge in [-0.15, -0.1) is 0 Å². The van der Waals surface area contributed by atoms with Gasteiger partial charge in [0.2, 0.25) is 0 Å². The summed E-state index contributed by atoms with van der Waals surface area (Å²) in [4.78, 5) is 0. The topological polar surface area (TPSA) is 12.0 Å². The average Bonchev–Trinajstić information content (AvgIpc) is 2.24. The van der Waals surface area contributed by atoms with Crippen molar-refractivity contribution in [3.05, 3.63) is 12.2 Å². The minimum atomic E-state index is 0.771. The third kappa shape index (κ3) is 6.72. The summed E-state index contributed by atoms with van der Waals surface area (Å²) < 4.78 is 0. The second-order valence-electron chi connectivity index (χ2n) is 5.21. The molecule has 1 aliphatic rings. The lowest BCUT2D eigenvalue weighted by atomic mass is 9.89. The molecule has 0 atom stereocenters. The molecule has 1 fully saturated rings. The maximum absolute atomic E-state index is 3.47. The molecule has 0 aromatic heterocycles. The predicted octanol–water partition coefficient (Wildman–Crippen LogP) is 3.76. The summed E-state index contributed by atoms with van der Waals surface area (Å²) in [5.41, 5.74) is 0. The normalized spacial score (nSPS) is 19.1. The van der Waals surface area contributed by atoms with Gasteiger partial charge in [-0.2, -0.15) is 0 Å². The SMILES string of the molecule is CC(C)CNCCC=CC1CCCCC1. The van der Waals surface area contributed by atoms with Crippen molar-refractivity contribution >= 4 is 0 Å². The maximum atomic E-state index is 3.47. The van der Waals surface area contributed by atoms with Gasteiger partial charge in [0.05, 0.1) is 0 Å². The Labute approximate surface area is 95.3 Å². The van der Waals surface area contributed by atoms with Crippen molar-refractivity contribution in [3.63, 3.8) is 0 Å². The van der Waals surface area contributed by atoms with Gasteiger partial charge >= 0.3 is 0 Å². The third-order valence-electron chi connectivity index (χ3n) is 3.10. The van der Waals surface area contributed by atoms with Gasteiger partial charge in [0.25, 0.3) is 0 Å². The van der Waals surface area contributed by atoms with Gasteiger partial charge in [-0.3, -0.25) is 0 Å². The molecule has 0 saturated heterocycles. The molecule has 1 N–H and O–H groups in total. The molecule has 0 aromatic rings. The Kier molecular flexibility index (Phi) is 6.74. The summed E-state index contributed by atoms with van der Waals surface area (Å²) in [5, 5.41) is 3.47. The quantitative estimate of drug-likeness (QED) is 0.519. The number of hydrogen-bond donors (Lipinski definition) is 1. The first-order valence-electron chi connectivity index (χ1n) is 6.66. The van der Waals surface area contributed by atoms with Crippen molar-refractivity contribution < 1.29 is 0 Å². The lowest BCUT2D eigenvalue weighted by Crippen LogP contribution is -2.20. The summed E-state index contributed by atoms with van der Waals surface area (Å²) in [6.45, 7) is 6.80. The zero-order valence-corrected chi connectivity index (χ0v) is 10.5. The van der Waals surface area contributed by atoms with Crippen LogP contribution in [0.4, 0.5) is 0 Å². The highest BCUT2D eigenvalue weighted by Gasteiger charge is 2.08. The lowest BCUT2D eigenvalue weighted by Gasteiger charge is -2.17. The van der Waals surface area contributed by atoms with Crippen LogP contribution in [0, 0.1) is 11.8 Å². The number of allylic oxidation sites excluding steroid dienone is 1. The van der Waals surface area contributed by atoms with Crippen LogP contribution in [0.5, 0.6) is 0 Å². The molecule has 0 aliphatic heterocycles. The first-order chi connectivity index (χ1) is 7.29. The van der Waals surface area contributed by atoms with Crippen LogP contribution >= 0.6 is 0 Å². The highest BCUT2D eigenvalue weighted by atomic mass is 14.8. The number of nitrogens with one attached hydrogen (secondary N) is 1. The van der Waals surface area contributed by atoms with Crippen LogP contribution in [-0.4, -0.2) is 13.1 Å². The minimum absolute atomic E-state index is 0.771. The number of hydrogen-bond acceptors (Lipinski definition) is 1. The molecule has 88 valence electrons. The summed E-state index contributed by atoms with van der Waals surface area (Å²) >= 11 is 0. The van der Waals surface area contributed by atoms with Crippen LogP contribution in [0.1, 0.15) is 52.4 Å². The van der Waals surface area contributed by atoms with E-state index in [1.165, 1.54) is 38.5 Å². The zero-order chi connectivity index (χ0) is 10.9. The molecule has 1 saturated carbocycles. The van der Waals surface area contributed by atoms with Crippen molar-refractivity contribution in [2.24, 2.45) is 11.8 Å². The Hall–Kier alpha value is -0.300. The fourth-order valence-electron chi connectivity index (χ4n) is 2.19. The van der Waals surface area contributed by atoms with Gasteiger partial charge in [0.15, 0.2) is 0 Å². The molecule has 0 aromatic carbocycles. The Morgan fingerprint density at radius 1 is 1.20 bits per heavy atom. The Balaban J connectivity index is 1.96. The summed E-state index contributed by atoms with van der Waals surface area (Å²) in [6, 6.07) is 0. The van der Waals surface area contributed by atoms with Crippen molar-refractivity contribution in [2.45, 2.75) is 52.4 Å². The Morgan fingerprint density at radius 2 is 1.93 bits per heavy atom. The van der Waals surface area contributed by atoms with Crippen LogP contribution in [-0.2, 0) is 0 Å². The van der Waals surface area contributed by atoms with Gasteiger partial charge in [-0.05, 0) is 44.2 Å². The Bertz CT molecular complexity index is 166. The molecular weight excluding hydrogens is 182 g/mol. The Morgan fingerprint density at radius 3 is 2.60 bits per heavy atom. The largest absolute Gasteiger partial charge is 0.316 e. The molecule has 1 rings (SSSR count). The van der Waals surface area contributed by atoms with Gasteiger partial charge in [0, 0.05) is 0 Å². The summed E-state index contributed by atoms with van der Waals surface area (Å²) in [6.07, 6.45) is 13.2. The molecule has 0 bridgehead atoms. The minimum Gasteiger partial charge on any atom is -0.316 e. The molecule has 0 spiro atoms. The third-order valence-corrected chi connectivity index (χ3v) is 3.10. The van der Waals surface area contributed by atoms with E-state index in [4.69, 9.17) is 0 Å². The van der Waals surface area contributed by atoms with Gasteiger partial charge < -0.3 is 5.32 Å². The van der Waals surface area contributed by atoms with Crippen LogP contribution in [0.15, 0.2) is 12.2 Å². The van der Waals surface area contributed by atoms with Crippen LogP contribution < -0.4 is 5.32 Å². The second-order valence-corrected chi connectivity index (χ2v) is 5.21. The van der Waals surface area contributed by atoms with E-state index in [0.29, 0.717) is 0 Å². The second kappa shape index (κ2) is 7.92. The van der Waals surface area contributed by atoms with E-state index in [9.17, 15) is 0 Å². The van der Waals surface area contributed by atoms with Crippen LogP contribution in [0.25, 0.3) is 0 Å². The molecule has 1 aliphatic carbocycles. The van der Waals surface area contributed by atoms with E-state index in [0.717, 1.165) is 24.9 Å². The van der Waals surface area contributed by atoms with Gasteiger partial charge in [0.1, 0.15) is 0 Å². The van der Waals surface area contributed by atoms with Crippen LogP contribution in [0.2, 0.25) is 0 Å². The van der Waals surface area contributed by atoms with Crippen molar-refractivity contribution in [1.29, 1.82) is 0 Å². The highest BCUT2D eigenvalue weighted by Crippen LogP contribution is 2.24.